The van der Waals surface area contributed by atoms with Gasteiger partial charge in [0.15, 0.2) is 0 Å². The minimum Gasteiger partial charge on any atom is -0.331 e. The number of nitrogens with zero attached hydrogens (tertiary/aromatic N) is 3. The number of pyridine rings is 1. The fourth-order valence-corrected chi connectivity index (χ4v) is 1.12. The fraction of sp³-hybridized carbons (Fsp3) is 0.300. The van der Waals surface area contributed by atoms with E-state index < -0.39 is 18.6 Å². The maximum absolute atomic E-state index is 12.0. The zero-order valence-corrected chi connectivity index (χ0v) is 8.82. The van der Waals surface area contributed by atoms with E-state index in [4.69, 9.17) is 5.26 Å². The SMILES string of the molecule is CN(CC(F)(F)F)C(=O)c1ccc(C#N)cn1. The molecule has 0 fully saturated rings. The molecule has 0 unspecified atom stereocenters. The summed E-state index contributed by atoms with van der Waals surface area (Å²) in [4.78, 5) is 15.6. The van der Waals surface area contributed by atoms with Crippen molar-refractivity contribution in [2.75, 3.05) is 13.6 Å². The minimum atomic E-state index is -4.45. The molecular weight excluding hydrogens is 235 g/mol. The molecule has 1 aromatic heterocycles. The summed E-state index contributed by atoms with van der Waals surface area (Å²) in [5.41, 5.74) is 0.107. The normalized spacial score (nSPS) is 10.8. The first kappa shape index (κ1) is 13.0. The molecule has 1 rings (SSSR count). The number of aromatic nitrogens is 1. The van der Waals surface area contributed by atoms with Crippen molar-refractivity contribution in [3.63, 3.8) is 0 Å². The lowest BCUT2D eigenvalue weighted by Gasteiger charge is -2.18. The van der Waals surface area contributed by atoms with Gasteiger partial charge >= 0.3 is 6.18 Å². The number of nitriles is 1. The maximum atomic E-state index is 12.0. The van der Waals surface area contributed by atoms with E-state index in [2.05, 4.69) is 4.98 Å². The summed E-state index contributed by atoms with van der Waals surface area (Å²) in [6.45, 7) is -1.34. The summed E-state index contributed by atoms with van der Waals surface area (Å²) >= 11 is 0. The van der Waals surface area contributed by atoms with Crippen LogP contribution in [0, 0.1) is 11.3 Å². The molecule has 0 N–H and O–H groups in total. The van der Waals surface area contributed by atoms with Crippen LogP contribution in [0.2, 0.25) is 0 Å². The van der Waals surface area contributed by atoms with Gasteiger partial charge in [-0.3, -0.25) is 4.79 Å². The van der Waals surface area contributed by atoms with Crippen LogP contribution in [-0.4, -0.2) is 35.6 Å². The highest BCUT2D eigenvalue weighted by Crippen LogP contribution is 2.16. The Hall–Kier alpha value is -2.10. The van der Waals surface area contributed by atoms with Crippen LogP contribution in [0.1, 0.15) is 16.1 Å². The molecule has 4 nitrogen and oxygen atoms in total. The Balaban J connectivity index is 2.79. The van der Waals surface area contributed by atoms with Gasteiger partial charge < -0.3 is 4.90 Å². The molecule has 0 aliphatic heterocycles. The van der Waals surface area contributed by atoms with Crippen LogP contribution in [0.15, 0.2) is 18.3 Å². The molecule has 0 radical (unpaired) electrons. The largest absolute Gasteiger partial charge is 0.406 e. The first-order valence-electron chi connectivity index (χ1n) is 4.52. The lowest BCUT2D eigenvalue weighted by Crippen LogP contribution is -2.36. The summed E-state index contributed by atoms with van der Waals surface area (Å²) in [7, 11) is 1.04. The number of carbonyl (C=O) groups excluding carboxylic acids is 1. The molecule has 0 bridgehead atoms. The smallest absolute Gasteiger partial charge is 0.331 e. The van der Waals surface area contributed by atoms with E-state index in [0.717, 1.165) is 13.2 Å². The average Bonchev–Trinajstić information content (AvgIpc) is 2.26. The highest BCUT2D eigenvalue weighted by atomic mass is 19.4. The predicted molar refractivity (Wildman–Crippen MR) is 52.0 cm³/mol. The van der Waals surface area contributed by atoms with Crippen molar-refractivity contribution in [3.05, 3.63) is 29.6 Å². The lowest BCUT2D eigenvalue weighted by molar-refractivity contribution is -0.138. The Morgan fingerprint density at radius 3 is 2.59 bits per heavy atom. The number of carbonyl (C=O) groups is 1. The topological polar surface area (TPSA) is 57.0 Å². The molecule has 1 heterocycles. The van der Waals surface area contributed by atoms with Gasteiger partial charge in [-0.25, -0.2) is 4.98 Å². The summed E-state index contributed by atoms with van der Waals surface area (Å²) in [6, 6.07) is 4.33. The Labute approximate surface area is 95.3 Å². The first-order chi connectivity index (χ1) is 7.83. The Morgan fingerprint density at radius 2 is 2.18 bits per heavy atom. The predicted octanol–water partition coefficient (Wildman–Crippen LogP) is 1.59. The molecule has 7 heteroatoms. The van der Waals surface area contributed by atoms with Crippen molar-refractivity contribution in [1.82, 2.24) is 9.88 Å². The molecule has 17 heavy (non-hydrogen) atoms. The van der Waals surface area contributed by atoms with Crippen molar-refractivity contribution in [3.8, 4) is 6.07 Å². The highest BCUT2D eigenvalue weighted by Gasteiger charge is 2.31. The summed E-state index contributed by atoms with van der Waals surface area (Å²) in [5, 5.41) is 8.50. The molecule has 0 saturated heterocycles. The fourth-order valence-electron chi connectivity index (χ4n) is 1.12. The summed E-state index contributed by atoms with van der Waals surface area (Å²) < 4.78 is 36.1. The highest BCUT2D eigenvalue weighted by molar-refractivity contribution is 5.92. The van der Waals surface area contributed by atoms with Gasteiger partial charge in [0, 0.05) is 13.2 Å². The van der Waals surface area contributed by atoms with Crippen LogP contribution in [0.4, 0.5) is 13.2 Å². The third-order valence-corrected chi connectivity index (χ3v) is 1.87. The maximum Gasteiger partial charge on any atom is 0.406 e. The number of alkyl halides is 3. The Bertz CT molecular complexity index is 447. The molecule has 0 aromatic carbocycles. The second-order valence-corrected chi connectivity index (χ2v) is 3.32. The van der Waals surface area contributed by atoms with Crippen LogP contribution in [0.5, 0.6) is 0 Å². The Kier molecular flexibility index (Phi) is 3.68. The molecule has 90 valence electrons. The van der Waals surface area contributed by atoms with E-state index in [1.807, 2.05) is 0 Å². The van der Waals surface area contributed by atoms with Gasteiger partial charge in [-0.05, 0) is 12.1 Å². The molecule has 0 saturated carbocycles. The van der Waals surface area contributed by atoms with Crippen LogP contribution >= 0.6 is 0 Å². The lowest BCUT2D eigenvalue weighted by atomic mass is 10.2. The quantitative estimate of drug-likeness (QED) is 0.792. The van der Waals surface area contributed by atoms with E-state index >= 15 is 0 Å². The van der Waals surface area contributed by atoms with Gasteiger partial charge in [-0.1, -0.05) is 0 Å². The van der Waals surface area contributed by atoms with Crippen LogP contribution in [-0.2, 0) is 0 Å². The number of hydrogen-bond donors (Lipinski definition) is 0. The van der Waals surface area contributed by atoms with Crippen molar-refractivity contribution in [2.24, 2.45) is 0 Å². The van der Waals surface area contributed by atoms with Crippen LogP contribution < -0.4 is 0 Å². The number of hydrogen-bond acceptors (Lipinski definition) is 3. The minimum absolute atomic E-state index is 0.129. The standard InChI is InChI=1S/C10H8F3N3O/c1-16(6-10(11,12)13)9(17)8-3-2-7(4-14)5-15-8/h2-3,5H,6H2,1H3. The molecule has 1 amide bonds. The molecular formula is C10H8F3N3O. The summed E-state index contributed by atoms with van der Waals surface area (Å²) in [6.07, 6.45) is -3.31. The first-order valence-corrected chi connectivity index (χ1v) is 4.52. The van der Waals surface area contributed by atoms with Crippen molar-refractivity contribution >= 4 is 5.91 Å². The third kappa shape index (κ3) is 3.75. The zero-order valence-electron chi connectivity index (χ0n) is 8.82. The van der Waals surface area contributed by atoms with E-state index in [-0.39, 0.29) is 11.3 Å². The van der Waals surface area contributed by atoms with Crippen molar-refractivity contribution in [2.45, 2.75) is 6.18 Å². The number of amides is 1. The monoisotopic (exact) mass is 243 g/mol. The molecule has 1 aromatic rings. The van der Waals surface area contributed by atoms with Gasteiger partial charge in [0.2, 0.25) is 0 Å². The van der Waals surface area contributed by atoms with Gasteiger partial charge in [0.25, 0.3) is 5.91 Å². The van der Waals surface area contributed by atoms with E-state index in [9.17, 15) is 18.0 Å². The number of rotatable bonds is 2. The van der Waals surface area contributed by atoms with E-state index in [1.54, 1.807) is 6.07 Å². The van der Waals surface area contributed by atoms with Gasteiger partial charge in [-0.2, -0.15) is 18.4 Å². The van der Waals surface area contributed by atoms with Crippen molar-refractivity contribution in [1.29, 1.82) is 5.26 Å². The molecule has 0 aliphatic rings. The molecule has 0 spiro atoms. The van der Waals surface area contributed by atoms with Crippen LogP contribution in [0.25, 0.3) is 0 Å². The van der Waals surface area contributed by atoms with E-state index in [1.165, 1.54) is 12.1 Å². The molecule has 0 atom stereocenters. The second kappa shape index (κ2) is 4.82. The number of halogens is 3. The third-order valence-electron chi connectivity index (χ3n) is 1.87. The van der Waals surface area contributed by atoms with Crippen molar-refractivity contribution < 1.29 is 18.0 Å². The summed E-state index contributed by atoms with van der Waals surface area (Å²) in [5.74, 6) is -0.841. The van der Waals surface area contributed by atoms with Gasteiger partial charge in [-0.15, -0.1) is 0 Å². The molecule has 0 aliphatic carbocycles. The second-order valence-electron chi connectivity index (χ2n) is 3.32. The van der Waals surface area contributed by atoms with Crippen LogP contribution in [0.3, 0.4) is 0 Å². The van der Waals surface area contributed by atoms with Gasteiger partial charge in [0.05, 0.1) is 5.56 Å². The zero-order chi connectivity index (χ0) is 13.1. The van der Waals surface area contributed by atoms with Gasteiger partial charge in [0.1, 0.15) is 18.3 Å². The Morgan fingerprint density at radius 1 is 1.53 bits per heavy atom. The van der Waals surface area contributed by atoms with E-state index in [0.29, 0.717) is 4.90 Å². The average molecular weight is 243 g/mol.